The van der Waals surface area contributed by atoms with Gasteiger partial charge in [0.1, 0.15) is 0 Å². The van der Waals surface area contributed by atoms with E-state index >= 15 is 0 Å². The molecule has 6 unspecified atom stereocenters. The molecule has 3 aliphatic rings. The normalized spacial score (nSPS) is 62.5. The molecule has 3 rings (SSSR count). The largest absolute Gasteiger partial charge is 0.390 e. The highest BCUT2D eigenvalue weighted by Gasteiger charge is 2.52. The molecule has 0 spiro atoms. The summed E-state index contributed by atoms with van der Waals surface area (Å²) in [6.45, 7) is 0. The van der Waals surface area contributed by atoms with Crippen molar-refractivity contribution in [1.29, 1.82) is 0 Å². The molecule has 68 valence electrons. The Morgan fingerprint density at radius 2 is 1.50 bits per heavy atom. The van der Waals surface area contributed by atoms with Gasteiger partial charge in [0.15, 0.2) is 0 Å². The summed E-state index contributed by atoms with van der Waals surface area (Å²) in [6.07, 6.45) is 4.05. The highest BCUT2D eigenvalue weighted by molar-refractivity contribution is 5.02. The summed E-state index contributed by atoms with van der Waals surface area (Å²) in [4.78, 5) is 0. The van der Waals surface area contributed by atoms with E-state index in [1.54, 1.807) is 0 Å². The van der Waals surface area contributed by atoms with E-state index in [-0.39, 0.29) is 0 Å². The first-order chi connectivity index (χ1) is 5.75. The number of rotatable bonds is 0. The molecule has 3 saturated carbocycles. The van der Waals surface area contributed by atoms with Gasteiger partial charge in [0.05, 0.1) is 12.2 Å². The number of hydrogen-bond donors (Lipinski definition) is 2. The molecule has 0 aliphatic heterocycles. The Hall–Kier alpha value is -0.0800. The monoisotopic (exact) mass is 168 g/mol. The van der Waals surface area contributed by atoms with Crippen molar-refractivity contribution < 1.29 is 10.2 Å². The van der Waals surface area contributed by atoms with Crippen LogP contribution in [-0.4, -0.2) is 22.4 Å². The Kier molecular flexibility index (Phi) is 1.37. The molecule has 2 N–H and O–H groups in total. The van der Waals surface area contributed by atoms with Crippen molar-refractivity contribution in [3.63, 3.8) is 0 Å². The van der Waals surface area contributed by atoms with Crippen LogP contribution in [0.15, 0.2) is 0 Å². The van der Waals surface area contributed by atoms with Crippen molar-refractivity contribution >= 4 is 0 Å². The van der Waals surface area contributed by atoms with Gasteiger partial charge in [-0.3, -0.25) is 0 Å². The first-order valence-electron chi connectivity index (χ1n) is 5.12. The second-order valence-corrected chi connectivity index (χ2v) is 4.97. The third-order valence-corrected chi connectivity index (χ3v) is 4.36. The second-order valence-electron chi connectivity index (χ2n) is 4.97. The van der Waals surface area contributed by atoms with Gasteiger partial charge in [-0.2, -0.15) is 0 Å². The summed E-state index contributed by atoms with van der Waals surface area (Å²) in [7, 11) is 0. The zero-order valence-electron chi connectivity index (χ0n) is 7.19. The summed E-state index contributed by atoms with van der Waals surface area (Å²) in [5.41, 5.74) is 0. The highest BCUT2D eigenvalue weighted by atomic mass is 16.3. The van der Waals surface area contributed by atoms with Crippen molar-refractivity contribution in [2.45, 2.75) is 37.9 Å². The third kappa shape index (κ3) is 0.775. The lowest BCUT2D eigenvalue weighted by Gasteiger charge is -2.40. The summed E-state index contributed by atoms with van der Waals surface area (Å²) in [5.74, 6) is 2.42. The van der Waals surface area contributed by atoms with Gasteiger partial charge < -0.3 is 10.2 Å². The molecule has 3 fully saturated rings. The first kappa shape index (κ1) is 7.34. The zero-order chi connectivity index (χ0) is 8.29. The minimum absolute atomic E-state index is 0.402. The van der Waals surface area contributed by atoms with Gasteiger partial charge in [-0.1, -0.05) is 0 Å². The van der Waals surface area contributed by atoms with E-state index in [0.717, 1.165) is 11.8 Å². The van der Waals surface area contributed by atoms with E-state index in [0.29, 0.717) is 11.8 Å². The van der Waals surface area contributed by atoms with Crippen LogP contribution >= 0.6 is 0 Å². The van der Waals surface area contributed by atoms with Gasteiger partial charge in [-0.25, -0.2) is 0 Å². The van der Waals surface area contributed by atoms with Crippen molar-refractivity contribution in [3.05, 3.63) is 0 Å². The maximum atomic E-state index is 9.79. The summed E-state index contributed by atoms with van der Waals surface area (Å²) in [5, 5.41) is 19.5. The fourth-order valence-electron chi connectivity index (χ4n) is 3.88. The Balaban J connectivity index is 1.96. The van der Waals surface area contributed by atoms with E-state index in [1.165, 1.54) is 25.7 Å². The lowest BCUT2D eigenvalue weighted by molar-refractivity contribution is -0.0917. The maximum Gasteiger partial charge on any atom is 0.0832 e. The summed E-state index contributed by atoms with van der Waals surface area (Å²) < 4.78 is 0. The van der Waals surface area contributed by atoms with Crippen LogP contribution < -0.4 is 0 Å². The molecule has 0 aromatic rings. The second kappa shape index (κ2) is 2.24. The van der Waals surface area contributed by atoms with Gasteiger partial charge in [0.2, 0.25) is 0 Å². The van der Waals surface area contributed by atoms with Crippen molar-refractivity contribution in [2.24, 2.45) is 23.7 Å². The lowest BCUT2D eigenvalue weighted by atomic mass is 9.69. The number of fused-ring (bicyclic) bond motifs is 2. The molecule has 12 heavy (non-hydrogen) atoms. The summed E-state index contributed by atoms with van der Waals surface area (Å²) >= 11 is 0. The predicted octanol–water partition coefficient (Wildman–Crippen LogP) is 0.774. The third-order valence-electron chi connectivity index (χ3n) is 4.36. The van der Waals surface area contributed by atoms with E-state index in [1.807, 2.05) is 0 Å². The van der Waals surface area contributed by atoms with Gasteiger partial charge in [-0.15, -0.1) is 0 Å². The fraction of sp³-hybridized carbons (Fsp3) is 1.00. The van der Waals surface area contributed by atoms with Crippen LogP contribution in [0.1, 0.15) is 25.7 Å². The number of aliphatic hydroxyl groups is 2. The van der Waals surface area contributed by atoms with Crippen LogP contribution in [-0.2, 0) is 0 Å². The number of hydrogen-bond acceptors (Lipinski definition) is 2. The zero-order valence-corrected chi connectivity index (χ0v) is 7.19. The fourth-order valence-corrected chi connectivity index (χ4v) is 3.88. The van der Waals surface area contributed by atoms with Gasteiger partial charge in [0, 0.05) is 0 Å². The maximum absolute atomic E-state index is 9.79. The molecule has 2 heteroatoms. The standard InChI is InChI=1S/C10H16O2/c11-9-7-2-5-1-6(4-7)8(3-5)10(9)12/h5-12H,1-4H2. The molecule has 2 nitrogen and oxygen atoms in total. The van der Waals surface area contributed by atoms with E-state index < -0.39 is 12.2 Å². The minimum atomic E-state index is -0.406. The highest BCUT2D eigenvalue weighted by Crippen LogP contribution is 2.54. The quantitative estimate of drug-likeness (QED) is 0.561. The van der Waals surface area contributed by atoms with E-state index in [9.17, 15) is 10.2 Å². The van der Waals surface area contributed by atoms with Crippen molar-refractivity contribution in [3.8, 4) is 0 Å². The lowest BCUT2D eigenvalue weighted by Crippen LogP contribution is -2.45. The number of aliphatic hydroxyl groups excluding tert-OH is 2. The molecule has 0 amide bonds. The molecule has 3 aliphatic carbocycles. The Morgan fingerprint density at radius 1 is 0.750 bits per heavy atom. The van der Waals surface area contributed by atoms with Crippen LogP contribution in [0.5, 0.6) is 0 Å². The molecule has 3 bridgehead atoms. The van der Waals surface area contributed by atoms with Crippen molar-refractivity contribution in [2.75, 3.05) is 0 Å². The molecular formula is C10H16O2. The van der Waals surface area contributed by atoms with E-state index in [4.69, 9.17) is 0 Å². The smallest absolute Gasteiger partial charge is 0.0832 e. The van der Waals surface area contributed by atoms with Gasteiger partial charge >= 0.3 is 0 Å². The molecule has 0 aromatic heterocycles. The molecule has 0 aromatic carbocycles. The Morgan fingerprint density at radius 3 is 2.33 bits per heavy atom. The van der Waals surface area contributed by atoms with Gasteiger partial charge in [0.25, 0.3) is 0 Å². The van der Waals surface area contributed by atoms with Crippen LogP contribution in [0.4, 0.5) is 0 Å². The van der Waals surface area contributed by atoms with Gasteiger partial charge in [-0.05, 0) is 49.4 Å². The molecule has 0 radical (unpaired) electrons. The molecule has 0 saturated heterocycles. The molecule has 6 atom stereocenters. The Bertz CT molecular complexity index is 198. The van der Waals surface area contributed by atoms with Crippen LogP contribution in [0.3, 0.4) is 0 Å². The first-order valence-corrected chi connectivity index (χ1v) is 5.12. The SMILES string of the molecule is OC1C2CC3CC(C2)C(C3)C1O. The average Bonchev–Trinajstić information content (AvgIpc) is 2.33. The summed E-state index contributed by atoms with van der Waals surface area (Å²) in [6, 6.07) is 0. The van der Waals surface area contributed by atoms with E-state index in [2.05, 4.69) is 0 Å². The molecular weight excluding hydrogens is 152 g/mol. The molecule has 0 heterocycles. The average molecular weight is 168 g/mol. The predicted molar refractivity (Wildman–Crippen MR) is 44.4 cm³/mol. The van der Waals surface area contributed by atoms with Crippen LogP contribution in [0.25, 0.3) is 0 Å². The van der Waals surface area contributed by atoms with Crippen LogP contribution in [0, 0.1) is 23.7 Å². The van der Waals surface area contributed by atoms with Crippen molar-refractivity contribution in [1.82, 2.24) is 0 Å². The van der Waals surface area contributed by atoms with Crippen LogP contribution in [0.2, 0.25) is 0 Å². The minimum Gasteiger partial charge on any atom is -0.390 e. The Labute approximate surface area is 72.6 Å². The topological polar surface area (TPSA) is 40.5 Å².